The summed E-state index contributed by atoms with van der Waals surface area (Å²) in [5.41, 5.74) is 1.97. The van der Waals surface area contributed by atoms with Crippen LogP contribution >= 0.6 is 15.9 Å². The highest BCUT2D eigenvalue weighted by molar-refractivity contribution is 9.10. The molecule has 0 amide bonds. The molecule has 0 aliphatic carbocycles. The normalized spacial score (nSPS) is 11.9. The predicted molar refractivity (Wildman–Crippen MR) is 97.5 cm³/mol. The summed E-state index contributed by atoms with van der Waals surface area (Å²) >= 11 is 3.45. The lowest BCUT2D eigenvalue weighted by Crippen LogP contribution is -2.21. The molecule has 0 aliphatic heterocycles. The standard InChI is InChI=1S/C16H23BrN2O3Si/c1-5-22-16(20)13-8-12(17)9-14-15(13)18-10-19(14)11-21-6-7-23(2,3)4/h8-10H,5-7,11H2,1-4H3. The van der Waals surface area contributed by atoms with Gasteiger partial charge in [0.25, 0.3) is 0 Å². The molecule has 5 nitrogen and oxygen atoms in total. The number of esters is 1. The molecule has 1 aromatic heterocycles. The summed E-state index contributed by atoms with van der Waals surface area (Å²) in [5.74, 6) is -0.358. The van der Waals surface area contributed by atoms with Crippen molar-refractivity contribution in [2.24, 2.45) is 0 Å². The number of imidazole rings is 1. The van der Waals surface area contributed by atoms with Gasteiger partial charge >= 0.3 is 5.97 Å². The molecule has 2 rings (SSSR count). The second-order valence-electron chi connectivity index (χ2n) is 6.60. The Morgan fingerprint density at radius 3 is 2.74 bits per heavy atom. The van der Waals surface area contributed by atoms with Crippen LogP contribution in [0.2, 0.25) is 25.7 Å². The minimum absolute atomic E-state index is 0.341. The van der Waals surface area contributed by atoms with Gasteiger partial charge in [0.05, 0.1) is 24.0 Å². The van der Waals surface area contributed by atoms with Crippen LogP contribution in [0.3, 0.4) is 0 Å². The smallest absolute Gasteiger partial charge is 0.340 e. The maximum atomic E-state index is 12.1. The monoisotopic (exact) mass is 398 g/mol. The first-order chi connectivity index (χ1) is 10.8. The lowest BCUT2D eigenvalue weighted by atomic mass is 10.2. The Kier molecular flexibility index (Phi) is 5.99. The Labute approximate surface area is 146 Å². The molecule has 0 saturated heterocycles. The summed E-state index contributed by atoms with van der Waals surface area (Å²) in [6, 6.07) is 4.80. The van der Waals surface area contributed by atoms with E-state index < -0.39 is 8.07 Å². The van der Waals surface area contributed by atoms with E-state index in [1.165, 1.54) is 0 Å². The van der Waals surface area contributed by atoms with Crippen molar-refractivity contribution >= 4 is 41.0 Å². The number of carbonyl (C=O) groups excluding carboxylic acids is 1. The molecule has 1 heterocycles. The Balaban J connectivity index is 2.18. The number of aromatic nitrogens is 2. The van der Waals surface area contributed by atoms with Gasteiger partial charge in [-0.1, -0.05) is 35.6 Å². The third kappa shape index (κ3) is 4.89. The van der Waals surface area contributed by atoms with Crippen LogP contribution in [0.25, 0.3) is 11.0 Å². The van der Waals surface area contributed by atoms with Gasteiger partial charge in [0, 0.05) is 19.2 Å². The van der Waals surface area contributed by atoms with Crippen molar-refractivity contribution in [1.82, 2.24) is 9.55 Å². The summed E-state index contributed by atoms with van der Waals surface area (Å²) in [7, 11) is -1.09. The van der Waals surface area contributed by atoms with Gasteiger partial charge in [-0.15, -0.1) is 0 Å². The molecule has 0 aliphatic rings. The van der Waals surface area contributed by atoms with E-state index >= 15 is 0 Å². The molecule has 0 spiro atoms. The minimum Gasteiger partial charge on any atom is -0.462 e. The highest BCUT2D eigenvalue weighted by Crippen LogP contribution is 2.24. The van der Waals surface area contributed by atoms with Crippen LogP contribution in [0.15, 0.2) is 22.9 Å². The Hall–Kier alpha value is -1.18. The molecular formula is C16H23BrN2O3Si. The van der Waals surface area contributed by atoms with E-state index in [-0.39, 0.29) is 5.97 Å². The number of halogens is 1. The minimum atomic E-state index is -1.09. The molecule has 0 saturated carbocycles. The Morgan fingerprint density at radius 1 is 1.35 bits per heavy atom. The quantitative estimate of drug-likeness (QED) is 0.396. The lowest BCUT2D eigenvalue weighted by molar-refractivity contribution is 0.0528. The van der Waals surface area contributed by atoms with Gasteiger partial charge in [-0.25, -0.2) is 9.78 Å². The van der Waals surface area contributed by atoms with E-state index in [0.717, 1.165) is 22.6 Å². The van der Waals surface area contributed by atoms with E-state index in [1.807, 2.05) is 10.6 Å². The summed E-state index contributed by atoms with van der Waals surface area (Å²) in [5, 5.41) is 0. The van der Waals surface area contributed by atoms with Crippen LogP contribution in [0.4, 0.5) is 0 Å². The highest BCUT2D eigenvalue weighted by Gasteiger charge is 2.17. The fourth-order valence-corrected chi connectivity index (χ4v) is 3.34. The van der Waals surface area contributed by atoms with Gasteiger partial charge in [-0.2, -0.15) is 0 Å². The third-order valence-corrected chi connectivity index (χ3v) is 5.57. The predicted octanol–water partition coefficient (Wildman–Crippen LogP) is 4.29. The largest absolute Gasteiger partial charge is 0.462 e. The van der Waals surface area contributed by atoms with Crippen LogP contribution < -0.4 is 0 Å². The van der Waals surface area contributed by atoms with E-state index in [9.17, 15) is 4.79 Å². The van der Waals surface area contributed by atoms with Crippen molar-refractivity contribution in [3.63, 3.8) is 0 Å². The van der Waals surface area contributed by atoms with Crippen molar-refractivity contribution in [2.75, 3.05) is 13.2 Å². The van der Waals surface area contributed by atoms with Crippen LogP contribution in [0, 0.1) is 0 Å². The van der Waals surface area contributed by atoms with Crippen molar-refractivity contribution < 1.29 is 14.3 Å². The summed E-state index contributed by atoms with van der Waals surface area (Å²) in [6.45, 7) is 10.3. The molecule has 2 aromatic rings. The van der Waals surface area contributed by atoms with Crippen molar-refractivity contribution in [3.8, 4) is 0 Å². The summed E-state index contributed by atoms with van der Waals surface area (Å²) in [4.78, 5) is 16.4. The van der Waals surface area contributed by atoms with Crippen molar-refractivity contribution in [3.05, 3.63) is 28.5 Å². The van der Waals surface area contributed by atoms with Crippen molar-refractivity contribution in [2.45, 2.75) is 39.3 Å². The average Bonchev–Trinajstić information content (AvgIpc) is 2.85. The number of rotatable bonds is 7. The maximum absolute atomic E-state index is 12.1. The molecule has 7 heteroatoms. The second-order valence-corrected chi connectivity index (χ2v) is 13.1. The zero-order valence-corrected chi connectivity index (χ0v) is 16.6. The number of hydrogen-bond acceptors (Lipinski definition) is 4. The molecule has 0 fully saturated rings. The van der Waals surface area contributed by atoms with Crippen LogP contribution in [-0.4, -0.2) is 36.8 Å². The first-order valence-corrected chi connectivity index (χ1v) is 12.2. The third-order valence-electron chi connectivity index (χ3n) is 3.41. The molecular weight excluding hydrogens is 376 g/mol. The van der Waals surface area contributed by atoms with E-state index in [1.54, 1.807) is 19.3 Å². The van der Waals surface area contributed by atoms with E-state index in [0.29, 0.717) is 24.4 Å². The van der Waals surface area contributed by atoms with Gasteiger partial charge in [-0.05, 0) is 25.1 Å². The number of carbonyl (C=O) groups is 1. The average molecular weight is 399 g/mol. The molecule has 0 N–H and O–H groups in total. The first kappa shape index (κ1) is 18.2. The molecule has 0 bridgehead atoms. The maximum Gasteiger partial charge on any atom is 0.340 e. The van der Waals surface area contributed by atoms with Crippen LogP contribution in [0.5, 0.6) is 0 Å². The fraction of sp³-hybridized carbons (Fsp3) is 0.500. The van der Waals surface area contributed by atoms with Gasteiger partial charge in [-0.3, -0.25) is 0 Å². The first-order valence-electron chi connectivity index (χ1n) is 7.71. The Bertz CT molecular complexity index is 694. The van der Waals surface area contributed by atoms with Gasteiger partial charge in [0.15, 0.2) is 0 Å². The molecule has 0 radical (unpaired) electrons. The van der Waals surface area contributed by atoms with Crippen LogP contribution in [-0.2, 0) is 16.2 Å². The number of hydrogen-bond donors (Lipinski definition) is 0. The molecule has 0 unspecified atom stereocenters. The van der Waals surface area contributed by atoms with Gasteiger partial charge in [0.2, 0.25) is 0 Å². The van der Waals surface area contributed by atoms with Gasteiger partial charge in [0.1, 0.15) is 12.2 Å². The number of benzene rings is 1. The van der Waals surface area contributed by atoms with E-state index in [4.69, 9.17) is 9.47 Å². The van der Waals surface area contributed by atoms with Crippen molar-refractivity contribution in [1.29, 1.82) is 0 Å². The SMILES string of the molecule is CCOC(=O)c1cc(Br)cc2c1ncn2COCC[Si](C)(C)C. The van der Waals surface area contributed by atoms with Gasteiger partial charge < -0.3 is 14.0 Å². The topological polar surface area (TPSA) is 53.3 Å². The zero-order valence-electron chi connectivity index (χ0n) is 14.1. The molecule has 23 heavy (non-hydrogen) atoms. The molecule has 1 aromatic carbocycles. The summed E-state index contributed by atoms with van der Waals surface area (Å²) in [6.07, 6.45) is 1.70. The van der Waals surface area contributed by atoms with Crippen LogP contribution in [0.1, 0.15) is 17.3 Å². The highest BCUT2D eigenvalue weighted by atomic mass is 79.9. The molecule has 0 atom stereocenters. The van der Waals surface area contributed by atoms with E-state index in [2.05, 4.69) is 40.6 Å². The Morgan fingerprint density at radius 2 is 2.09 bits per heavy atom. The summed E-state index contributed by atoms with van der Waals surface area (Å²) < 4.78 is 13.6. The zero-order chi connectivity index (χ0) is 17.0. The number of fused-ring (bicyclic) bond motifs is 1. The number of nitrogens with zero attached hydrogens (tertiary/aromatic N) is 2. The fourth-order valence-electron chi connectivity index (χ4n) is 2.14. The lowest BCUT2D eigenvalue weighted by Gasteiger charge is -2.15. The second kappa shape index (κ2) is 7.59. The molecule has 126 valence electrons. The number of ether oxygens (including phenoxy) is 2.